The second-order valence-corrected chi connectivity index (χ2v) is 8.93. The van der Waals surface area contributed by atoms with E-state index in [0.717, 1.165) is 19.3 Å². The van der Waals surface area contributed by atoms with Gasteiger partial charge in [0.2, 0.25) is 0 Å². The summed E-state index contributed by atoms with van der Waals surface area (Å²) >= 11 is 0. The highest BCUT2D eigenvalue weighted by molar-refractivity contribution is 7.47. The molecule has 9 nitrogen and oxygen atoms in total. The van der Waals surface area contributed by atoms with Crippen LogP contribution in [-0.4, -0.2) is 64.8 Å². The third-order valence-corrected chi connectivity index (χ3v) is 5.50. The van der Waals surface area contributed by atoms with Crippen LogP contribution in [0.25, 0.3) is 0 Å². The molecule has 0 aliphatic rings. The molecule has 0 radical (unpaired) electrons. The third-order valence-electron chi connectivity index (χ3n) is 4.55. The van der Waals surface area contributed by atoms with E-state index < -0.39 is 52.4 Å². The highest BCUT2D eigenvalue weighted by atomic mass is 31.2. The van der Waals surface area contributed by atoms with Gasteiger partial charge >= 0.3 is 13.8 Å². The van der Waals surface area contributed by atoms with Gasteiger partial charge in [-0.3, -0.25) is 13.8 Å². The summed E-state index contributed by atoms with van der Waals surface area (Å²) in [6.07, 6.45) is 10.7. The van der Waals surface area contributed by atoms with Gasteiger partial charge in [-0.05, 0) is 6.42 Å². The first-order valence-electron chi connectivity index (χ1n) is 11.1. The lowest BCUT2D eigenvalue weighted by atomic mass is 10.1. The van der Waals surface area contributed by atoms with E-state index in [1.165, 1.54) is 44.9 Å². The molecule has 10 heteroatoms. The van der Waals surface area contributed by atoms with Crippen LogP contribution < -0.4 is 0 Å². The Morgan fingerprint density at radius 1 is 0.833 bits per heavy atom. The minimum Gasteiger partial charge on any atom is -0.457 e. The number of carbonyl (C=O) groups excluding carboxylic acids is 1. The molecule has 0 saturated carbocycles. The quantitative estimate of drug-likeness (QED) is 0.116. The monoisotopic (exact) mass is 456 g/mol. The first-order valence-corrected chi connectivity index (χ1v) is 12.5. The average molecular weight is 457 g/mol. The number of aliphatic hydroxyl groups excluding tert-OH is 3. The van der Waals surface area contributed by atoms with Crippen LogP contribution in [0, 0.1) is 0 Å². The van der Waals surface area contributed by atoms with Gasteiger partial charge in [-0.2, -0.15) is 0 Å². The Hall–Kier alpha value is -0.540. The fourth-order valence-corrected chi connectivity index (χ4v) is 3.54. The molecule has 0 heterocycles. The minimum absolute atomic E-state index is 0.212. The number of rotatable bonds is 21. The fourth-order valence-electron chi connectivity index (χ4n) is 2.75. The number of aliphatic hydroxyl groups is 3. The topological polar surface area (TPSA) is 143 Å². The molecule has 0 amide bonds. The molecule has 4 N–H and O–H groups in total. The molecule has 0 spiro atoms. The molecule has 0 aromatic carbocycles. The normalized spacial score (nSPS) is 15.5. The van der Waals surface area contributed by atoms with E-state index in [1.54, 1.807) is 0 Å². The number of unbranched alkanes of at least 4 members (excludes halogenated alkanes) is 10. The van der Waals surface area contributed by atoms with Crippen molar-refractivity contribution in [2.45, 2.75) is 96.2 Å². The van der Waals surface area contributed by atoms with E-state index in [0.29, 0.717) is 6.42 Å². The molecular formula is C20H41O9P. The molecule has 0 aliphatic heterocycles. The molecule has 0 rings (SSSR count). The van der Waals surface area contributed by atoms with Crippen molar-refractivity contribution >= 4 is 13.8 Å². The number of hydrogen-bond acceptors (Lipinski definition) is 8. The first-order chi connectivity index (χ1) is 14.3. The predicted octanol–water partition coefficient (Wildman–Crippen LogP) is 3.08. The van der Waals surface area contributed by atoms with Crippen LogP contribution >= 0.6 is 7.82 Å². The zero-order valence-electron chi connectivity index (χ0n) is 18.2. The summed E-state index contributed by atoms with van der Waals surface area (Å²) in [6, 6.07) is 0. The number of phosphoric acid groups is 1. The molecule has 3 atom stereocenters. The number of esters is 1. The van der Waals surface area contributed by atoms with Gasteiger partial charge in [-0.25, -0.2) is 4.57 Å². The maximum atomic E-state index is 11.8. The van der Waals surface area contributed by atoms with Gasteiger partial charge in [0, 0.05) is 6.42 Å². The van der Waals surface area contributed by atoms with E-state index in [4.69, 9.17) is 14.9 Å². The van der Waals surface area contributed by atoms with Crippen molar-refractivity contribution in [2.75, 3.05) is 26.4 Å². The summed E-state index contributed by atoms with van der Waals surface area (Å²) in [7, 11) is -4.49. The molecule has 0 bridgehead atoms. The van der Waals surface area contributed by atoms with Gasteiger partial charge in [0.25, 0.3) is 0 Å². The zero-order chi connectivity index (χ0) is 22.7. The summed E-state index contributed by atoms with van der Waals surface area (Å²) < 4.78 is 25.8. The Morgan fingerprint density at radius 3 is 1.83 bits per heavy atom. The predicted molar refractivity (Wildman–Crippen MR) is 113 cm³/mol. The number of hydrogen-bond donors (Lipinski definition) is 4. The van der Waals surface area contributed by atoms with Crippen molar-refractivity contribution in [3.8, 4) is 0 Å². The van der Waals surface area contributed by atoms with Crippen LogP contribution in [0.15, 0.2) is 0 Å². The molecule has 0 aliphatic carbocycles. The SMILES string of the molecule is CCCCCCCCCCCCCC(=O)O[C@H](CO)COP(=O)(O)OC[C@@H](O)CO. The van der Waals surface area contributed by atoms with Crippen molar-refractivity contribution in [3.63, 3.8) is 0 Å². The van der Waals surface area contributed by atoms with Gasteiger partial charge in [-0.1, -0.05) is 71.1 Å². The van der Waals surface area contributed by atoms with Crippen molar-refractivity contribution < 1.29 is 43.4 Å². The molecule has 0 aromatic rings. The Balaban J connectivity index is 3.78. The Morgan fingerprint density at radius 2 is 1.33 bits per heavy atom. The number of ether oxygens (including phenoxy) is 1. The van der Waals surface area contributed by atoms with Gasteiger partial charge in [0.1, 0.15) is 12.2 Å². The second kappa shape index (κ2) is 19.2. The lowest BCUT2D eigenvalue weighted by molar-refractivity contribution is -0.153. The lowest BCUT2D eigenvalue weighted by Gasteiger charge is -2.18. The van der Waals surface area contributed by atoms with Gasteiger partial charge < -0.3 is 24.9 Å². The molecule has 0 fully saturated rings. The van der Waals surface area contributed by atoms with Crippen LogP contribution in [0.5, 0.6) is 0 Å². The van der Waals surface area contributed by atoms with E-state index >= 15 is 0 Å². The highest BCUT2D eigenvalue weighted by Gasteiger charge is 2.25. The number of carbonyl (C=O) groups is 1. The molecule has 1 unspecified atom stereocenters. The standard InChI is InChI=1S/C20H41O9P/c1-2-3-4-5-6-7-8-9-10-11-12-13-20(24)29-19(15-22)17-28-30(25,26)27-16-18(23)14-21/h18-19,21-23H,2-17H2,1H3,(H,25,26)/t18-,19+/m0/s1. The molecule has 30 heavy (non-hydrogen) atoms. The van der Waals surface area contributed by atoms with E-state index in [2.05, 4.69) is 16.0 Å². The first kappa shape index (κ1) is 29.5. The molecule has 180 valence electrons. The number of phosphoric ester groups is 1. The van der Waals surface area contributed by atoms with E-state index in [1.807, 2.05) is 0 Å². The Labute approximate surface area is 180 Å². The largest absolute Gasteiger partial charge is 0.472 e. The van der Waals surface area contributed by atoms with Gasteiger partial charge in [0.05, 0.1) is 26.4 Å². The van der Waals surface area contributed by atoms with Crippen molar-refractivity contribution in [3.05, 3.63) is 0 Å². The highest BCUT2D eigenvalue weighted by Crippen LogP contribution is 2.43. The van der Waals surface area contributed by atoms with Crippen LogP contribution in [0.2, 0.25) is 0 Å². The molecule has 0 aromatic heterocycles. The van der Waals surface area contributed by atoms with Crippen LogP contribution in [0.1, 0.15) is 84.0 Å². The second-order valence-electron chi connectivity index (χ2n) is 7.48. The lowest BCUT2D eigenvalue weighted by Crippen LogP contribution is -2.27. The Kier molecular flexibility index (Phi) is 18.8. The van der Waals surface area contributed by atoms with E-state index in [9.17, 15) is 19.4 Å². The molecular weight excluding hydrogens is 415 g/mol. The summed E-state index contributed by atoms with van der Waals surface area (Å²) in [6.45, 7) is -0.0968. The summed E-state index contributed by atoms with van der Waals surface area (Å²) in [5.41, 5.74) is 0. The smallest absolute Gasteiger partial charge is 0.457 e. The third kappa shape index (κ3) is 18.2. The van der Waals surface area contributed by atoms with Gasteiger partial charge in [-0.15, -0.1) is 0 Å². The molecule has 0 saturated heterocycles. The van der Waals surface area contributed by atoms with E-state index in [-0.39, 0.29) is 6.42 Å². The van der Waals surface area contributed by atoms with Crippen molar-refractivity contribution in [1.82, 2.24) is 0 Å². The summed E-state index contributed by atoms with van der Waals surface area (Å²) in [5.74, 6) is -0.502. The fraction of sp³-hybridized carbons (Fsp3) is 0.950. The maximum absolute atomic E-state index is 11.8. The summed E-state index contributed by atoms with van der Waals surface area (Å²) in [4.78, 5) is 21.3. The van der Waals surface area contributed by atoms with Crippen molar-refractivity contribution in [1.29, 1.82) is 0 Å². The maximum Gasteiger partial charge on any atom is 0.472 e. The van der Waals surface area contributed by atoms with Crippen LogP contribution in [-0.2, 0) is 23.1 Å². The van der Waals surface area contributed by atoms with Gasteiger partial charge in [0.15, 0.2) is 0 Å². The van der Waals surface area contributed by atoms with Crippen molar-refractivity contribution in [2.24, 2.45) is 0 Å². The average Bonchev–Trinajstić information content (AvgIpc) is 2.73. The summed E-state index contributed by atoms with van der Waals surface area (Å²) in [5, 5.41) is 27.0. The zero-order valence-corrected chi connectivity index (χ0v) is 19.1. The minimum atomic E-state index is -4.49. The van der Waals surface area contributed by atoms with Crippen LogP contribution in [0.3, 0.4) is 0 Å². The Bertz CT molecular complexity index is 462. The van der Waals surface area contributed by atoms with Crippen LogP contribution in [0.4, 0.5) is 0 Å².